The van der Waals surface area contributed by atoms with Crippen molar-refractivity contribution in [2.24, 2.45) is 5.73 Å². The maximum absolute atomic E-state index is 6.36. The summed E-state index contributed by atoms with van der Waals surface area (Å²) in [5.41, 5.74) is 7.87. The SMILES string of the molecule is NC1CCC(c2ccccc2)CC1N1CCCC1. The van der Waals surface area contributed by atoms with Crippen LogP contribution in [0.25, 0.3) is 0 Å². The highest BCUT2D eigenvalue weighted by atomic mass is 15.2. The molecule has 3 atom stereocenters. The molecule has 2 nitrogen and oxygen atoms in total. The Morgan fingerprint density at radius 3 is 2.44 bits per heavy atom. The van der Waals surface area contributed by atoms with Crippen LogP contribution in [0.4, 0.5) is 0 Å². The second-order valence-electron chi connectivity index (χ2n) is 5.89. The molecule has 3 rings (SSSR count). The van der Waals surface area contributed by atoms with E-state index in [1.807, 2.05) is 0 Å². The summed E-state index contributed by atoms with van der Waals surface area (Å²) in [6.07, 6.45) is 6.42. The van der Waals surface area contributed by atoms with Crippen LogP contribution in [0.1, 0.15) is 43.6 Å². The van der Waals surface area contributed by atoms with E-state index >= 15 is 0 Å². The summed E-state index contributed by atoms with van der Waals surface area (Å²) in [6, 6.07) is 12.0. The van der Waals surface area contributed by atoms with Crippen LogP contribution < -0.4 is 5.73 Å². The second-order valence-corrected chi connectivity index (χ2v) is 5.89. The average Bonchev–Trinajstić information content (AvgIpc) is 2.94. The second kappa shape index (κ2) is 5.41. The normalized spacial score (nSPS) is 33.7. The molecular weight excluding hydrogens is 220 g/mol. The van der Waals surface area contributed by atoms with Gasteiger partial charge in [-0.2, -0.15) is 0 Å². The Bertz CT molecular complexity index is 370. The van der Waals surface area contributed by atoms with Gasteiger partial charge in [0.1, 0.15) is 0 Å². The number of nitrogens with two attached hydrogens (primary N) is 1. The molecule has 1 saturated heterocycles. The highest BCUT2D eigenvalue weighted by molar-refractivity contribution is 5.21. The number of likely N-dealkylation sites (tertiary alicyclic amines) is 1. The van der Waals surface area contributed by atoms with Gasteiger partial charge in [0.15, 0.2) is 0 Å². The lowest BCUT2D eigenvalue weighted by molar-refractivity contribution is 0.156. The highest BCUT2D eigenvalue weighted by Crippen LogP contribution is 2.35. The lowest BCUT2D eigenvalue weighted by Gasteiger charge is -2.39. The zero-order chi connectivity index (χ0) is 12.4. The number of hydrogen-bond donors (Lipinski definition) is 1. The topological polar surface area (TPSA) is 29.3 Å². The Kier molecular flexibility index (Phi) is 3.67. The van der Waals surface area contributed by atoms with Crippen molar-refractivity contribution < 1.29 is 0 Å². The first-order valence-electron chi connectivity index (χ1n) is 7.39. The van der Waals surface area contributed by atoms with E-state index in [0.29, 0.717) is 12.1 Å². The number of benzene rings is 1. The molecular formula is C16H24N2. The molecule has 1 aliphatic carbocycles. The minimum atomic E-state index is 0.392. The van der Waals surface area contributed by atoms with Gasteiger partial charge in [-0.3, -0.25) is 4.90 Å². The van der Waals surface area contributed by atoms with Crippen LogP contribution in [0.15, 0.2) is 30.3 Å². The van der Waals surface area contributed by atoms with E-state index in [-0.39, 0.29) is 0 Å². The van der Waals surface area contributed by atoms with E-state index in [9.17, 15) is 0 Å². The third-order valence-electron chi connectivity index (χ3n) is 4.75. The molecule has 1 aromatic rings. The van der Waals surface area contributed by atoms with E-state index in [2.05, 4.69) is 35.2 Å². The summed E-state index contributed by atoms with van der Waals surface area (Å²) in [5.74, 6) is 0.719. The fourth-order valence-electron chi connectivity index (χ4n) is 3.69. The lowest BCUT2D eigenvalue weighted by atomic mass is 9.78. The van der Waals surface area contributed by atoms with Gasteiger partial charge >= 0.3 is 0 Å². The summed E-state index contributed by atoms with van der Waals surface area (Å²) >= 11 is 0. The van der Waals surface area contributed by atoms with Crippen molar-refractivity contribution in [2.45, 2.75) is 50.1 Å². The van der Waals surface area contributed by atoms with E-state index in [1.165, 1.54) is 50.8 Å². The van der Waals surface area contributed by atoms with E-state index in [4.69, 9.17) is 5.73 Å². The van der Waals surface area contributed by atoms with Gasteiger partial charge in [0.2, 0.25) is 0 Å². The quantitative estimate of drug-likeness (QED) is 0.866. The molecule has 1 aliphatic heterocycles. The first-order valence-corrected chi connectivity index (χ1v) is 7.39. The first-order chi connectivity index (χ1) is 8.84. The van der Waals surface area contributed by atoms with Gasteiger partial charge < -0.3 is 5.73 Å². The van der Waals surface area contributed by atoms with Crippen molar-refractivity contribution in [1.29, 1.82) is 0 Å². The highest BCUT2D eigenvalue weighted by Gasteiger charge is 2.33. The number of hydrogen-bond acceptors (Lipinski definition) is 2. The van der Waals surface area contributed by atoms with Crippen molar-refractivity contribution in [3.63, 3.8) is 0 Å². The van der Waals surface area contributed by atoms with E-state index in [0.717, 1.165) is 5.92 Å². The predicted molar refractivity (Wildman–Crippen MR) is 75.6 cm³/mol. The smallest absolute Gasteiger partial charge is 0.0253 e. The molecule has 2 aliphatic rings. The fraction of sp³-hybridized carbons (Fsp3) is 0.625. The largest absolute Gasteiger partial charge is 0.326 e. The van der Waals surface area contributed by atoms with Crippen molar-refractivity contribution in [3.05, 3.63) is 35.9 Å². The van der Waals surface area contributed by atoms with Crippen LogP contribution in [0, 0.1) is 0 Å². The third kappa shape index (κ3) is 2.45. The van der Waals surface area contributed by atoms with Crippen LogP contribution in [-0.2, 0) is 0 Å². The minimum Gasteiger partial charge on any atom is -0.326 e. The summed E-state index contributed by atoms with van der Waals surface area (Å²) in [7, 11) is 0. The molecule has 2 N–H and O–H groups in total. The molecule has 0 bridgehead atoms. The maximum atomic E-state index is 6.36. The molecule has 0 aromatic heterocycles. The molecule has 1 saturated carbocycles. The van der Waals surface area contributed by atoms with Crippen LogP contribution in [0.2, 0.25) is 0 Å². The van der Waals surface area contributed by atoms with Gasteiger partial charge in [0.05, 0.1) is 0 Å². The van der Waals surface area contributed by atoms with Crippen molar-refractivity contribution in [2.75, 3.05) is 13.1 Å². The molecule has 3 unspecified atom stereocenters. The molecule has 2 fully saturated rings. The van der Waals surface area contributed by atoms with Gasteiger partial charge in [0.25, 0.3) is 0 Å². The Morgan fingerprint density at radius 1 is 1.00 bits per heavy atom. The summed E-state index contributed by atoms with van der Waals surface area (Å²) in [6.45, 7) is 2.53. The molecule has 1 aromatic carbocycles. The van der Waals surface area contributed by atoms with Gasteiger partial charge in [0, 0.05) is 12.1 Å². The Hall–Kier alpha value is -0.860. The summed E-state index contributed by atoms with van der Waals surface area (Å²) in [4.78, 5) is 2.64. The number of rotatable bonds is 2. The van der Waals surface area contributed by atoms with Crippen LogP contribution in [0.5, 0.6) is 0 Å². The Labute approximate surface area is 110 Å². The molecule has 0 radical (unpaired) electrons. The first kappa shape index (κ1) is 12.2. The summed E-state index contributed by atoms with van der Waals surface area (Å²) in [5, 5.41) is 0. The van der Waals surface area contributed by atoms with Gasteiger partial charge in [-0.05, 0) is 56.7 Å². The molecule has 2 heteroatoms. The third-order valence-corrected chi connectivity index (χ3v) is 4.75. The molecule has 98 valence electrons. The molecule has 1 heterocycles. The van der Waals surface area contributed by atoms with Crippen molar-refractivity contribution in [3.8, 4) is 0 Å². The zero-order valence-corrected chi connectivity index (χ0v) is 11.1. The van der Waals surface area contributed by atoms with Crippen molar-refractivity contribution in [1.82, 2.24) is 4.90 Å². The monoisotopic (exact) mass is 244 g/mol. The Morgan fingerprint density at radius 2 is 1.72 bits per heavy atom. The Balaban J connectivity index is 1.71. The van der Waals surface area contributed by atoms with E-state index < -0.39 is 0 Å². The van der Waals surface area contributed by atoms with Gasteiger partial charge in [-0.25, -0.2) is 0 Å². The predicted octanol–water partition coefficient (Wildman–Crippen LogP) is 2.75. The van der Waals surface area contributed by atoms with Crippen molar-refractivity contribution >= 4 is 0 Å². The lowest BCUT2D eigenvalue weighted by Crippen LogP contribution is -2.49. The molecule has 18 heavy (non-hydrogen) atoms. The zero-order valence-electron chi connectivity index (χ0n) is 11.1. The average molecular weight is 244 g/mol. The molecule has 0 spiro atoms. The van der Waals surface area contributed by atoms with Gasteiger partial charge in [-0.1, -0.05) is 30.3 Å². The van der Waals surface area contributed by atoms with Gasteiger partial charge in [-0.15, -0.1) is 0 Å². The van der Waals surface area contributed by atoms with Crippen LogP contribution in [0.3, 0.4) is 0 Å². The fourth-order valence-corrected chi connectivity index (χ4v) is 3.69. The maximum Gasteiger partial charge on any atom is 0.0253 e. The minimum absolute atomic E-state index is 0.392. The van der Waals surface area contributed by atoms with E-state index in [1.54, 1.807) is 0 Å². The van der Waals surface area contributed by atoms with Crippen LogP contribution in [-0.4, -0.2) is 30.1 Å². The standard InChI is InChI=1S/C16H24N2/c17-15-9-8-14(13-6-2-1-3-7-13)12-16(15)18-10-4-5-11-18/h1-3,6-7,14-16H,4-5,8-12,17H2. The summed E-state index contributed by atoms with van der Waals surface area (Å²) < 4.78 is 0. The number of nitrogens with zero attached hydrogens (tertiary/aromatic N) is 1. The van der Waals surface area contributed by atoms with Crippen LogP contribution >= 0.6 is 0 Å². The molecule has 0 amide bonds.